The van der Waals surface area contributed by atoms with Gasteiger partial charge in [0.15, 0.2) is 0 Å². The molecule has 0 saturated heterocycles. The third-order valence-electron chi connectivity index (χ3n) is 4.64. The number of hydrogen-bond donors (Lipinski definition) is 0. The maximum absolute atomic E-state index is 12.8. The molecule has 0 spiro atoms. The van der Waals surface area contributed by atoms with Crippen LogP contribution in [0.2, 0.25) is 0 Å². The number of benzene rings is 1. The summed E-state index contributed by atoms with van der Waals surface area (Å²) in [5.74, 6) is -1.08. The first-order valence-electron chi connectivity index (χ1n) is 10.6. The van der Waals surface area contributed by atoms with Crippen LogP contribution in [0.5, 0.6) is 0 Å². The van der Waals surface area contributed by atoms with Crippen LogP contribution in [0.15, 0.2) is 17.9 Å². The summed E-state index contributed by atoms with van der Waals surface area (Å²) < 4.78 is 13.1. The van der Waals surface area contributed by atoms with Gasteiger partial charge in [0, 0.05) is 17.9 Å². The van der Waals surface area contributed by atoms with Gasteiger partial charge in [-0.25, -0.2) is 9.59 Å². The van der Waals surface area contributed by atoms with Crippen molar-refractivity contribution in [2.24, 2.45) is 0 Å². The Morgan fingerprint density at radius 3 is 1.23 bits per heavy atom. The quantitative estimate of drug-likeness (QED) is 0.0854. The van der Waals surface area contributed by atoms with Gasteiger partial charge in [-0.2, -0.15) is 0 Å². The number of ether oxygens (including phenoxy) is 2. The van der Waals surface area contributed by atoms with Gasteiger partial charge in [0.2, 0.25) is 0 Å². The van der Waals surface area contributed by atoms with Crippen LogP contribution in [0.25, 0.3) is 0 Å². The second kappa shape index (κ2) is 15.8. The lowest BCUT2D eigenvalue weighted by Crippen LogP contribution is -2.17. The summed E-state index contributed by atoms with van der Waals surface area (Å²) in [6.45, 7) is 4.97. The van der Waals surface area contributed by atoms with E-state index in [0.29, 0.717) is 31.1 Å². The average molecular weight is 678 g/mol. The van der Waals surface area contributed by atoms with Crippen molar-refractivity contribution in [1.29, 1.82) is 0 Å². The lowest BCUT2D eigenvalue weighted by molar-refractivity contribution is 0.0448. The summed E-state index contributed by atoms with van der Waals surface area (Å²) >= 11 is 13.8. The van der Waals surface area contributed by atoms with E-state index in [1.165, 1.54) is 12.8 Å². The largest absolute Gasteiger partial charge is 0.462 e. The topological polar surface area (TPSA) is 52.6 Å². The van der Waals surface area contributed by atoms with Crippen molar-refractivity contribution < 1.29 is 19.1 Å². The number of halogens is 4. The van der Waals surface area contributed by atoms with Crippen molar-refractivity contribution in [3.63, 3.8) is 0 Å². The van der Waals surface area contributed by atoms with Gasteiger partial charge in [-0.15, -0.1) is 0 Å². The molecule has 0 N–H and O–H groups in total. The third kappa shape index (κ3) is 8.91. The Bertz CT molecular complexity index is 648. The molecular formula is C22H30Br4O4. The third-order valence-corrected chi connectivity index (χ3v) is 9.41. The zero-order chi connectivity index (χ0) is 22.5. The number of hydrogen-bond acceptors (Lipinski definition) is 4. The van der Waals surface area contributed by atoms with Crippen LogP contribution in [-0.2, 0) is 9.47 Å². The minimum Gasteiger partial charge on any atom is -0.462 e. The maximum atomic E-state index is 12.8. The predicted octanol–water partition coefficient (Wildman–Crippen LogP) is 8.99. The maximum Gasteiger partial charge on any atom is 0.340 e. The van der Waals surface area contributed by atoms with E-state index in [0.717, 1.165) is 51.4 Å². The van der Waals surface area contributed by atoms with Gasteiger partial charge in [0.05, 0.1) is 24.3 Å². The lowest BCUT2D eigenvalue weighted by atomic mass is 10.1. The fourth-order valence-corrected chi connectivity index (χ4v) is 5.34. The smallest absolute Gasteiger partial charge is 0.340 e. The number of esters is 2. The molecule has 0 aliphatic carbocycles. The highest BCUT2D eigenvalue weighted by Gasteiger charge is 2.29. The lowest BCUT2D eigenvalue weighted by Gasteiger charge is -2.16. The fourth-order valence-electron chi connectivity index (χ4n) is 2.90. The molecule has 0 unspecified atom stereocenters. The van der Waals surface area contributed by atoms with Gasteiger partial charge in [0.25, 0.3) is 0 Å². The number of carbonyl (C=O) groups is 2. The SMILES string of the molecule is CCCCCCCOC(=O)c1c(Br)c(Br)c(Br)c(Br)c1C(=O)OCCCCCCC. The van der Waals surface area contributed by atoms with Crippen molar-refractivity contribution in [2.75, 3.05) is 13.2 Å². The van der Waals surface area contributed by atoms with Crippen molar-refractivity contribution in [1.82, 2.24) is 0 Å². The van der Waals surface area contributed by atoms with Gasteiger partial charge in [0.1, 0.15) is 0 Å². The molecule has 8 heteroatoms. The van der Waals surface area contributed by atoms with Crippen molar-refractivity contribution in [3.8, 4) is 0 Å². The number of unbranched alkanes of at least 4 members (excludes halogenated alkanes) is 8. The molecule has 0 aliphatic rings. The van der Waals surface area contributed by atoms with E-state index < -0.39 is 11.9 Å². The minimum atomic E-state index is -0.541. The predicted molar refractivity (Wildman–Crippen MR) is 135 cm³/mol. The molecule has 0 saturated carbocycles. The Balaban J connectivity index is 2.89. The number of carbonyl (C=O) groups excluding carboxylic acids is 2. The van der Waals surface area contributed by atoms with E-state index in [1.807, 2.05) is 0 Å². The summed E-state index contributed by atoms with van der Waals surface area (Å²) in [5, 5.41) is 0. The Morgan fingerprint density at radius 1 is 0.567 bits per heavy atom. The van der Waals surface area contributed by atoms with Crippen molar-refractivity contribution >= 4 is 75.7 Å². The van der Waals surface area contributed by atoms with E-state index in [4.69, 9.17) is 9.47 Å². The molecule has 0 fully saturated rings. The summed E-state index contributed by atoms with van der Waals surface area (Å²) in [4.78, 5) is 25.7. The second-order valence-corrected chi connectivity index (χ2v) is 10.3. The van der Waals surface area contributed by atoms with E-state index in [2.05, 4.69) is 77.6 Å². The first-order chi connectivity index (χ1) is 14.4. The molecule has 0 atom stereocenters. The highest BCUT2D eigenvalue weighted by atomic mass is 79.9. The Hall–Kier alpha value is 0.0800. The summed E-state index contributed by atoms with van der Waals surface area (Å²) in [5.41, 5.74) is 0.336. The molecule has 30 heavy (non-hydrogen) atoms. The molecule has 170 valence electrons. The van der Waals surface area contributed by atoms with E-state index in [1.54, 1.807) is 0 Å². The first kappa shape index (κ1) is 28.1. The van der Waals surface area contributed by atoms with Crippen LogP contribution in [0.4, 0.5) is 0 Å². The molecule has 0 heterocycles. The van der Waals surface area contributed by atoms with Crippen LogP contribution in [0.1, 0.15) is 98.8 Å². The molecule has 4 nitrogen and oxygen atoms in total. The molecule has 0 aromatic heterocycles. The Morgan fingerprint density at radius 2 is 0.900 bits per heavy atom. The molecule has 0 amide bonds. The summed E-state index contributed by atoms with van der Waals surface area (Å²) in [6.07, 6.45) is 10.6. The van der Waals surface area contributed by atoms with Gasteiger partial charge in [-0.05, 0) is 76.6 Å². The van der Waals surface area contributed by atoms with E-state index >= 15 is 0 Å². The van der Waals surface area contributed by atoms with Crippen LogP contribution < -0.4 is 0 Å². The zero-order valence-corrected chi connectivity index (χ0v) is 24.0. The molecule has 0 aliphatic heterocycles. The van der Waals surface area contributed by atoms with E-state index in [-0.39, 0.29) is 11.1 Å². The summed E-state index contributed by atoms with van der Waals surface area (Å²) in [6, 6.07) is 0. The van der Waals surface area contributed by atoms with Crippen LogP contribution in [-0.4, -0.2) is 25.2 Å². The molecule has 1 rings (SSSR count). The fraction of sp³-hybridized carbons (Fsp3) is 0.636. The van der Waals surface area contributed by atoms with Gasteiger partial charge >= 0.3 is 11.9 Å². The Kier molecular flexibility index (Phi) is 14.8. The molecule has 1 aromatic rings. The van der Waals surface area contributed by atoms with Gasteiger partial charge in [-0.1, -0.05) is 65.2 Å². The van der Waals surface area contributed by atoms with Crippen molar-refractivity contribution in [2.45, 2.75) is 78.1 Å². The Labute approximate surface area is 213 Å². The molecule has 1 aromatic carbocycles. The molecule has 0 bridgehead atoms. The zero-order valence-electron chi connectivity index (χ0n) is 17.6. The van der Waals surface area contributed by atoms with Crippen LogP contribution in [0, 0.1) is 0 Å². The van der Waals surface area contributed by atoms with Gasteiger partial charge < -0.3 is 9.47 Å². The highest BCUT2D eigenvalue weighted by Crippen LogP contribution is 2.42. The van der Waals surface area contributed by atoms with Crippen molar-refractivity contribution in [3.05, 3.63) is 29.0 Å². The normalized spacial score (nSPS) is 10.9. The molecule has 0 radical (unpaired) electrons. The minimum absolute atomic E-state index is 0.168. The monoisotopic (exact) mass is 674 g/mol. The summed E-state index contributed by atoms with van der Waals surface area (Å²) in [7, 11) is 0. The number of rotatable bonds is 14. The molecular weight excluding hydrogens is 648 g/mol. The standard InChI is InChI=1S/C22H30Br4O4/c1-3-5-7-9-11-13-29-21(27)15-16(18(24)20(26)19(25)17(15)23)22(28)30-14-12-10-8-6-4-2/h3-14H2,1-2H3. The average Bonchev–Trinajstić information content (AvgIpc) is 2.73. The highest BCUT2D eigenvalue weighted by molar-refractivity contribution is 9.15. The van der Waals surface area contributed by atoms with Crippen LogP contribution >= 0.6 is 63.7 Å². The van der Waals surface area contributed by atoms with Gasteiger partial charge in [-0.3, -0.25) is 0 Å². The van der Waals surface area contributed by atoms with E-state index in [9.17, 15) is 9.59 Å². The second-order valence-electron chi connectivity index (χ2n) is 7.11. The first-order valence-corrected chi connectivity index (χ1v) is 13.7. The van der Waals surface area contributed by atoms with Crippen LogP contribution in [0.3, 0.4) is 0 Å².